The highest BCUT2D eigenvalue weighted by atomic mass is 15.3. The van der Waals surface area contributed by atoms with Gasteiger partial charge >= 0.3 is 0 Å². The number of hydrogen-bond acceptors (Lipinski definition) is 3. The van der Waals surface area contributed by atoms with Gasteiger partial charge in [-0.1, -0.05) is 32.4 Å². The summed E-state index contributed by atoms with van der Waals surface area (Å²) in [4.78, 5) is 0. The number of benzene rings is 1. The molecule has 0 radical (unpaired) electrons. The van der Waals surface area contributed by atoms with Crippen molar-refractivity contribution < 1.29 is 0 Å². The molecular formula is C18H26N4. The smallest absolute Gasteiger partial charge is 0.152 e. The lowest BCUT2D eigenvalue weighted by Crippen LogP contribution is -2.10. The van der Waals surface area contributed by atoms with E-state index in [1.165, 1.54) is 31.2 Å². The van der Waals surface area contributed by atoms with E-state index < -0.39 is 0 Å². The van der Waals surface area contributed by atoms with E-state index in [-0.39, 0.29) is 0 Å². The van der Waals surface area contributed by atoms with Gasteiger partial charge in [0.05, 0.1) is 6.54 Å². The number of rotatable bonds is 5. The molecule has 0 aliphatic carbocycles. The number of aryl methyl sites for hydroxylation is 1. The van der Waals surface area contributed by atoms with Crippen molar-refractivity contribution in [3.05, 3.63) is 41.5 Å². The molecule has 4 nitrogen and oxygen atoms in total. The maximum absolute atomic E-state index is 4.36. The summed E-state index contributed by atoms with van der Waals surface area (Å²) in [6.07, 6.45) is 6.02. The maximum atomic E-state index is 4.36. The third-order valence-electron chi connectivity index (χ3n) is 4.73. The van der Waals surface area contributed by atoms with Crippen LogP contribution in [-0.4, -0.2) is 14.8 Å². The van der Waals surface area contributed by atoms with Crippen molar-refractivity contribution in [1.82, 2.24) is 14.8 Å². The summed E-state index contributed by atoms with van der Waals surface area (Å²) >= 11 is 0. The fourth-order valence-corrected chi connectivity index (χ4v) is 3.02. The molecule has 0 saturated carbocycles. The van der Waals surface area contributed by atoms with Gasteiger partial charge in [-0.05, 0) is 42.9 Å². The van der Waals surface area contributed by atoms with Crippen molar-refractivity contribution in [1.29, 1.82) is 0 Å². The van der Waals surface area contributed by atoms with E-state index in [9.17, 15) is 0 Å². The molecule has 1 aromatic carbocycles. The van der Waals surface area contributed by atoms with Gasteiger partial charge in [-0.3, -0.25) is 0 Å². The number of nitrogens with zero attached hydrogens (tertiary/aromatic N) is 3. The molecule has 22 heavy (non-hydrogen) atoms. The summed E-state index contributed by atoms with van der Waals surface area (Å²) in [7, 11) is 0. The van der Waals surface area contributed by atoms with E-state index in [1.54, 1.807) is 0 Å². The SMILES string of the molecule is CC[C@@H](C)c1ccc(NCc2nnc3n2CCCCC3)cc1. The van der Waals surface area contributed by atoms with Crippen LogP contribution in [0.25, 0.3) is 0 Å². The third-order valence-corrected chi connectivity index (χ3v) is 4.73. The summed E-state index contributed by atoms with van der Waals surface area (Å²) in [5, 5.41) is 12.2. The monoisotopic (exact) mass is 298 g/mol. The Morgan fingerprint density at radius 2 is 1.95 bits per heavy atom. The van der Waals surface area contributed by atoms with E-state index >= 15 is 0 Å². The van der Waals surface area contributed by atoms with E-state index in [0.717, 1.165) is 36.8 Å². The molecule has 118 valence electrons. The Hall–Kier alpha value is -1.84. The first-order valence-electron chi connectivity index (χ1n) is 8.52. The molecule has 1 N–H and O–H groups in total. The Kier molecular flexibility index (Phi) is 4.76. The number of nitrogens with one attached hydrogen (secondary N) is 1. The predicted octanol–water partition coefficient (Wildman–Crippen LogP) is 4.13. The molecule has 1 atom stereocenters. The fraction of sp³-hybridized carbons (Fsp3) is 0.556. The van der Waals surface area contributed by atoms with Crippen LogP contribution in [0.2, 0.25) is 0 Å². The van der Waals surface area contributed by atoms with Crippen LogP contribution in [0.3, 0.4) is 0 Å². The maximum Gasteiger partial charge on any atom is 0.152 e. The molecule has 0 saturated heterocycles. The molecule has 2 heterocycles. The van der Waals surface area contributed by atoms with Gasteiger partial charge in [0.15, 0.2) is 5.82 Å². The molecule has 1 aliphatic heterocycles. The number of fused-ring (bicyclic) bond motifs is 1. The zero-order valence-corrected chi connectivity index (χ0v) is 13.7. The molecule has 1 aliphatic rings. The van der Waals surface area contributed by atoms with Gasteiger partial charge in [0.2, 0.25) is 0 Å². The second kappa shape index (κ2) is 6.95. The Bertz CT molecular complexity index is 600. The van der Waals surface area contributed by atoms with Crippen molar-refractivity contribution in [2.75, 3.05) is 5.32 Å². The van der Waals surface area contributed by atoms with Crippen LogP contribution >= 0.6 is 0 Å². The minimum absolute atomic E-state index is 0.626. The van der Waals surface area contributed by atoms with Crippen molar-refractivity contribution in [3.8, 4) is 0 Å². The molecule has 0 amide bonds. The molecule has 0 fully saturated rings. The molecule has 0 unspecified atom stereocenters. The van der Waals surface area contributed by atoms with Crippen molar-refractivity contribution in [2.24, 2.45) is 0 Å². The van der Waals surface area contributed by atoms with Gasteiger partial charge in [0.1, 0.15) is 5.82 Å². The Morgan fingerprint density at radius 1 is 1.14 bits per heavy atom. The van der Waals surface area contributed by atoms with Crippen molar-refractivity contribution in [2.45, 2.75) is 65.0 Å². The van der Waals surface area contributed by atoms with Crippen molar-refractivity contribution >= 4 is 5.69 Å². The van der Waals surface area contributed by atoms with Gasteiger partial charge < -0.3 is 9.88 Å². The second-order valence-electron chi connectivity index (χ2n) is 6.28. The molecule has 4 heteroatoms. The number of anilines is 1. The van der Waals surface area contributed by atoms with Crippen LogP contribution in [-0.2, 0) is 19.5 Å². The average molecular weight is 298 g/mol. The average Bonchev–Trinajstić information content (AvgIpc) is 2.79. The highest BCUT2D eigenvalue weighted by Crippen LogP contribution is 2.21. The van der Waals surface area contributed by atoms with Gasteiger partial charge in [-0.15, -0.1) is 10.2 Å². The highest BCUT2D eigenvalue weighted by molar-refractivity contribution is 5.45. The number of hydrogen-bond donors (Lipinski definition) is 1. The summed E-state index contributed by atoms with van der Waals surface area (Å²) < 4.78 is 2.30. The van der Waals surface area contributed by atoms with E-state index in [0.29, 0.717) is 5.92 Å². The quantitative estimate of drug-likeness (QED) is 0.902. The molecule has 0 bridgehead atoms. The molecule has 2 aromatic rings. The lowest BCUT2D eigenvalue weighted by atomic mass is 9.99. The van der Waals surface area contributed by atoms with Crippen LogP contribution in [0.4, 0.5) is 5.69 Å². The topological polar surface area (TPSA) is 42.7 Å². The number of aromatic nitrogens is 3. The third kappa shape index (κ3) is 3.32. The fourth-order valence-electron chi connectivity index (χ4n) is 3.02. The summed E-state index contributed by atoms with van der Waals surface area (Å²) in [6.45, 7) is 6.31. The van der Waals surface area contributed by atoms with Gasteiger partial charge in [0, 0.05) is 18.7 Å². The van der Waals surface area contributed by atoms with Crippen LogP contribution in [0.1, 0.15) is 62.7 Å². The normalized spacial score (nSPS) is 15.9. The van der Waals surface area contributed by atoms with E-state index in [1.807, 2.05) is 0 Å². The Labute approximate surface area is 133 Å². The molecule has 1 aromatic heterocycles. The summed E-state index contributed by atoms with van der Waals surface area (Å²) in [6, 6.07) is 8.78. The Balaban J connectivity index is 1.64. The minimum atomic E-state index is 0.626. The van der Waals surface area contributed by atoms with E-state index in [2.05, 4.69) is 58.2 Å². The molecule has 0 spiro atoms. The lowest BCUT2D eigenvalue weighted by molar-refractivity contribution is 0.610. The largest absolute Gasteiger partial charge is 0.378 e. The van der Waals surface area contributed by atoms with Crippen LogP contribution in [0.5, 0.6) is 0 Å². The standard InChI is InChI=1S/C18H26N4/c1-3-14(2)15-8-10-16(11-9-15)19-13-18-21-20-17-7-5-4-6-12-22(17)18/h8-11,14,19H,3-7,12-13H2,1-2H3/t14-/m1/s1. The lowest BCUT2D eigenvalue weighted by Gasteiger charge is -2.11. The zero-order valence-electron chi connectivity index (χ0n) is 13.7. The molecular weight excluding hydrogens is 272 g/mol. The zero-order chi connectivity index (χ0) is 15.4. The highest BCUT2D eigenvalue weighted by Gasteiger charge is 2.14. The van der Waals surface area contributed by atoms with Gasteiger partial charge in [-0.25, -0.2) is 0 Å². The second-order valence-corrected chi connectivity index (χ2v) is 6.28. The first-order chi connectivity index (χ1) is 10.8. The molecule has 3 rings (SSSR count). The summed E-state index contributed by atoms with van der Waals surface area (Å²) in [5.74, 6) is 2.84. The minimum Gasteiger partial charge on any atom is -0.378 e. The van der Waals surface area contributed by atoms with Gasteiger partial charge in [-0.2, -0.15) is 0 Å². The Morgan fingerprint density at radius 3 is 2.73 bits per heavy atom. The first-order valence-corrected chi connectivity index (χ1v) is 8.52. The van der Waals surface area contributed by atoms with Crippen LogP contribution in [0, 0.1) is 0 Å². The first kappa shape index (κ1) is 15.1. The van der Waals surface area contributed by atoms with Crippen LogP contribution in [0.15, 0.2) is 24.3 Å². The van der Waals surface area contributed by atoms with Crippen LogP contribution < -0.4 is 5.32 Å². The van der Waals surface area contributed by atoms with E-state index in [4.69, 9.17) is 0 Å². The van der Waals surface area contributed by atoms with Gasteiger partial charge in [0.25, 0.3) is 0 Å². The summed E-state index contributed by atoms with van der Waals surface area (Å²) in [5.41, 5.74) is 2.56. The predicted molar refractivity (Wildman–Crippen MR) is 90.1 cm³/mol. The van der Waals surface area contributed by atoms with Crippen molar-refractivity contribution in [3.63, 3.8) is 0 Å².